The van der Waals surface area contributed by atoms with Crippen LogP contribution in [0.15, 0.2) is 36.5 Å². The molecule has 0 saturated carbocycles. The Kier molecular flexibility index (Phi) is 5.61. The number of amides is 1. The van der Waals surface area contributed by atoms with Gasteiger partial charge in [-0.05, 0) is 56.0 Å². The second kappa shape index (κ2) is 8.74. The van der Waals surface area contributed by atoms with Crippen LogP contribution in [-0.4, -0.2) is 43.1 Å². The summed E-state index contributed by atoms with van der Waals surface area (Å²) in [6, 6.07) is 8.84. The molecule has 3 aromatic heterocycles. The normalized spacial score (nSPS) is 16.6. The summed E-state index contributed by atoms with van der Waals surface area (Å²) in [6.45, 7) is 5.19. The number of imidazole rings is 1. The molecule has 0 unspecified atom stereocenters. The fourth-order valence-electron chi connectivity index (χ4n) is 4.38. The van der Waals surface area contributed by atoms with Gasteiger partial charge in [-0.1, -0.05) is 6.92 Å². The molecule has 0 radical (unpaired) electrons. The van der Waals surface area contributed by atoms with Gasteiger partial charge in [0, 0.05) is 30.4 Å². The number of fused-ring (bicyclic) bond motifs is 7. The van der Waals surface area contributed by atoms with E-state index in [-0.39, 0.29) is 11.8 Å². The molecule has 1 aromatic carbocycles. The lowest BCUT2D eigenvalue weighted by molar-refractivity contribution is 0.102. The number of anilines is 1. The lowest BCUT2D eigenvalue weighted by atomic mass is 10.1. The topological polar surface area (TPSA) is 104 Å². The molecular weight excluding hydrogens is 432 g/mol. The maximum atomic E-state index is 13.3. The van der Waals surface area contributed by atoms with E-state index in [1.165, 1.54) is 0 Å². The first kappa shape index (κ1) is 21.8. The number of hydrogen-bond donors (Lipinski definition) is 1. The van der Waals surface area contributed by atoms with Crippen molar-refractivity contribution in [2.24, 2.45) is 13.0 Å². The van der Waals surface area contributed by atoms with Gasteiger partial charge in [-0.15, -0.1) is 0 Å². The molecule has 1 aliphatic heterocycles. The second-order valence-electron chi connectivity index (χ2n) is 8.83. The Labute approximate surface area is 196 Å². The number of aromatic nitrogens is 5. The predicted octanol–water partition coefficient (Wildman–Crippen LogP) is 4.01. The molecule has 0 spiro atoms. The van der Waals surface area contributed by atoms with Crippen molar-refractivity contribution in [3.8, 4) is 17.1 Å². The Hall–Kier alpha value is -4.01. The van der Waals surface area contributed by atoms with Crippen molar-refractivity contribution in [2.45, 2.75) is 33.2 Å². The molecule has 5 rings (SSSR count). The van der Waals surface area contributed by atoms with Crippen LogP contribution in [0.4, 0.5) is 5.95 Å². The van der Waals surface area contributed by atoms with E-state index >= 15 is 0 Å². The minimum Gasteiger partial charge on any atom is -0.477 e. The quantitative estimate of drug-likeness (QED) is 0.432. The summed E-state index contributed by atoms with van der Waals surface area (Å²) in [7, 11) is 1.83. The highest BCUT2D eigenvalue weighted by atomic mass is 16.5. The molecule has 0 aliphatic carbocycles. The summed E-state index contributed by atoms with van der Waals surface area (Å²) in [5, 5.41) is 7.33. The molecule has 4 heterocycles. The van der Waals surface area contributed by atoms with Gasteiger partial charge in [0.25, 0.3) is 5.91 Å². The van der Waals surface area contributed by atoms with E-state index in [1.807, 2.05) is 24.6 Å². The first-order valence-corrected chi connectivity index (χ1v) is 11.3. The highest BCUT2D eigenvalue weighted by molar-refractivity contribution is 6.05. The lowest BCUT2D eigenvalue weighted by Crippen LogP contribution is -2.18. The third kappa shape index (κ3) is 4.05. The number of aryl methyl sites for hydroxylation is 2. The smallest absolute Gasteiger partial charge is 0.258 e. The van der Waals surface area contributed by atoms with Crippen LogP contribution in [0.5, 0.6) is 5.88 Å². The van der Waals surface area contributed by atoms with E-state index in [0.29, 0.717) is 47.5 Å². The highest BCUT2D eigenvalue weighted by Gasteiger charge is 2.20. The summed E-state index contributed by atoms with van der Waals surface area (Å²) in [5.41, 5.74) is 4.66. The third-order valence-corrected chi connectivity index (χ3v) is 6.08. The van der Waals surface area contributed by atoms with Crippen molar-refractivity contribution in [1.82, 2.24) is 24.3 Å². The lowest BCUT2D eigenvalue weighted by Gasteiger charge is -2.16. The molecule has 1 atom stereocenters. The van der Waals surface area contributed by atoms with E-state index in [2.05, 4.69) is 27.3 Å². The van der Waals surface area contributed by atoms with E-state index in [4.69, 9.17) is 4.74 Å². The van der Waals surface area contributed by atoms with Crippen molar-refractivity contribution in [1.29, 1.82) is 0 Å². The van der Waals surface area contributed by atoms with Crippen LogP contribution in [0.25, 0.3) is 22.3 Å². The van der Waals surface area contributed by atoms with E-state index in [9.17, 15) is 9.59 Å². The van der Waals surface area contributed by atoms with Gasteiger partial charge in [-0.3, -0.25) is 19.9 Å². The third-order valence-electron chi connectivity index (χ3n) is 6.08. The summed E-state index contributed by atoms with van der Waals surface area (Å²) in [5.74, 6) is 1.09. The predicted molar refractivity (Wildman–Crippen MR) is 128 cm³/mol. The number of ether oxygens (including phenoxy) is 1. The number of carbonyl (C=O) groups is 2. The summed E-state index contributed by atoms with van der Waals surface area (Å²) >= 11 is 0. The maximum absolute atomic E-state index is 13.3. The molecule has 34 heavy (non-hydrogen) atoms. The SMILES string of the molecule is Cc1cc2cc(n1)-c1cnn(C)c1OCCC[C@@H](C)Cn1c(nc3ccc(C=O)cc31)NC2=O. The first-order valence-electron chi connectivity index (χ1n) is 11.3. The minimum atomic E-state index is -0.284. The fourth-order valence-corrected chi connectivity index (χ4v) is 4.38. The van der Waals surface area contributed by atoms with Gasteiger partial charge in [0.15, 0.2) is 0 Å². The van der Waals surface area contributed by atoms with Crippen molar-refractivity contribution >= 4 is 29.2 Å². The average Bonchev–Trinajstić information content (AvgIpc) is 3.35. The number of carbonyl (C=O) groups excluding carboxylic acids is 2. The zero-order valence-electron chi connectivity index (χ0n) is 19.4. The molecule has 1 N–H and O–H groups in total. The molecule has 9 nitrogen and oxygen atoms in total. The largest absolute Gasteiger partial charge is 0.477 e. The number of benzene rings is 1. The van der Waals surface area contributed by atoms with Crippen molar-refractivity contribution in [3.05, 3.63) is 53.3 Å². The molecular formula is C25H26N6O3. The number of aldehydes is 1. The van der Waals surface area contributed by atoms with E-state index < -0.39 is 0 Å². The summed E-state index contributed by atoms with van der Waals surface area (Å²) < 4.78 is 9.78. The van der Waals surface area contributed by atoms with Crippen molar-refractivity contribution in [3.63, 3.8) is 0 Å². The molecule has 1 aliphatic rings. The van der Waals surface area contributed by atoms with Crippen LogP contribution in [-0.2, 0) is 13.6 Å². The van der Waals surface area contributed by atoms with Crippen LogP contribution < -0.4 is 10.1 Å². The van der Waals surface area contributed by atoms with Crippen LogP contribution in [0.3, 0.4) is 0 Å². The number of hydrogen-bond acceptors (Lipinski definition) is 6. The van der Waals surface area contributed by atoms with E-state index in [0.717, 1.165) is 35.7 Å². The Balaban J connectivity index is 1.62. The summed E-state index contributed by atoms with van der Waals surface area (Å²) in [6.07, 6.45) is 4.30. The highest BCUT2D eigenvalue weighted by Crippen LogP contribution is 2.30. The van der Waals surface area contributed by atoms with Crippen LogP contribution in [0.2, 0.25) is 0 Å². The Morgan fingerprint density at radius 3 is 2.88 bits per heavy atom. The molecule has 2 bridgehead atoms. The number of nitrogens with one attached hydrogen (secondary N) is 1. The molecule has 4 aromatic rings. The summed E-state index contributed by atoms with van der Waals surface area (Å²) in [4.78, 5) is 34.0. The zero-order valence-corrected chi connectivity index (χ0v) is 19.4. The van der Waals surface area contributed by atoms with Gasteiger partial charge in [0.1, 0.15) is 6.29 Å². The maximum Gasteiger partial charge on any atom is 0.258 e. The van der Waals surface area contributed by atoms with Crippen LogP contribution >= 0.6 is 0 Å². The van der Waals surface area contributed by atoms with Crippen LogP contribution in [0, 0.1) is 12.8 Å². The average molecular weight is 459 g/mol. The standard InChI is InChI=1S/C25H26N6O3/c1-15-5-4-8-34-24-19(12-26-30(24)3)21-11-18(9-16(2)27-21)23(33)29-25-28-20-7-6-17(14-32)10-22(20)31(25)13-15/h6-7,9-12,14-15H,4-5,8,13H2,1-3H3,(H,28,29,33)/t15-/m1/s1. The minimum absolute atomic E-state index is 0.284. The molecule has 9 heteroatoms. The second-order valence-corrected chi connectivity index (χ2v) is 8.83. The number of nitrogens with zero attached hydrogens (tertiary/aromatic N) is 5. The Morgan fingerprint density at radius 1 is 1.21 bits per heavy atom. The fraction of sp³-hybridized carbons (Fsp3) is 0.320. The monoisotopic (exact) mass is 458 g/mol. The number of pyridine rings is 1. The molecule has 174 valence electrons. The van der Waals surface area contributed by atoms with Gasteiger partial charge in [0.2, 0.25) is 11.8 Å². The zero-order chi connectivity index (χ0) is 23.8. The Bertz CT molecular complexity index is 1400. The van der Waals surface area contributed by atoms with Gasteiger partial charge in [0.05, 0.1) is 35.1 Å². The van der Waals surface area contributed by atoms with Crippen LogP contribution in [0.1, 0.15) is 46.2 Å². The molecule has 0 fully saturated rings. The molecule has 0 saturated heterocycles. The van der Waals surface area contributed by atoms with Crippen molar-refractivity contribution in [2.75, 3.05) is 11.9 Å². The molecule has 1 amide bonds. The van der Waals surface area contributed by atoms with Gasteiger partial charge < -0.3 is 9.30 Å². The number of rotatable bonds is 1. The van der Waals surface area contributed by atoms with E-state index in [1.54, 1.807) is 35.1 Å². The first-order chi connectivity index (χ1) is 16.4. The Morgan fingerprint density at radius 2 is 2.06 bits per heavy atom. The van der Waals surface area contributed by atoms with Gasteiger partial charge in [-0.25, -0.2) is 9.67 Å². The van der Waals surface area contributed by atoms with Gasteiger partial charge in [-0.2, -0.15) is 5.10 Å². The van der Waals surface area contributed by atoms with Crippen molar-refractivity contribution < 1.29 is 14.3 Å². The van der Waals surface area contributed by atoms with Gasteiger partial charge >= 0.3 is 0 Å².